The number of piperidine rings is 2. The lowest BCUT2D eigenvalue weighted by molar-refractivity contribution is -0.159. The summed E-state index contributed by atoms with van der Waals surface area (Å²) >= 11 is 0. The second kappa shape index (κ2) is 7.43. The van der Waals surface area contributed by atoms with Crippen LogP contribution in [0, 0.1) is 5.92 Å². The third-order valence-electron chi connectivity index (χ3n) is 4.78. The third-order valence-corrected chi connectivity index (χ3v) is 5.13. The van der Waals surface area contributed by atoms with Crippen molar-refractivity contribution in [3.63, 3.8) is 0 Å². The maximum Gasteiger partial charge on any atom is 0.418 e. The van der Waals surface area contributed by atoms with E-state index < -0.39 is 53.3 Å². The van der Waals surface area contributed by atoms with Crippen LogP contribution in [0.3, 0.4) is 0 Å². The minimum Gasteiger partial charge on any atom is -0.316 e. The molecule has 0 aliphatic carbocycles. The average molecular weight is 414 g/mol. The molecule has 0 aromatic rings. The van der Waals surface area contributed by atoms with Crippen LogP contribution in [0.5, 0.6) is 0 Å². The van der Waals surface area contributed by atoms with Gasteiger partial charge in [-0.3, -0.25) is 14.2 Å². The molecule has 3 fully saturated rings. The Labute approximate surface area is 153 Å². The van der Waals surface area contributed by atoms with Gasteiger partial charge in [0.1, 0.15) is 12.1 Å². The van der Waals surface area contributed by atoms with E-state index in [1.807, 2.05) is 0 Å². The lowest BCUT2D eigenvalue weighted by Crippen LogP contribution is -2.56. The number of halogens is 2. The zero-order valence-electron chi connectivity index (χ0n) is 14.1. The molecule has 0 saturated carbocycles. The fourth-order valence-electron chi connectivity index (χ4n) is 3.45. The molecule has 11 nitrogen and oxygen atoms in total. The highest BCUT2D eigenvalue weighted by atomic mass is 32.3. The maximum absolute atomic E-state index is 14.3. The number of carbonyl (C=O) groups is 2. The number of rotatable bonds is 6. The number of hydroxylamine groups is 3. The van der Waals surface area contributed by atoms with E-state index in [0.29, 0.717) is 6.54 Å². The lowest BCUT2D eigenvalue weighted by atomic mass is 9.96. The molecule has 14 heteroatoms. The molecule has 3 aliphatic heterocycles. The summed E-state index contributed by atoms with van der Waals surface area (Å²) in [6, 6.07) is -4.76. The normalized spacial score (nSPS) is 30.5. The topological polar surface area (TPSA) is 138 Å². The molecule has 3 rings (SSSR count). The molecule has 1 unspecified atom stereocenters. The van der Waals surface area contributed by atoms with Crippen molar-refractivity contribution < 1.29 is 40.5 Å². The number of alkyl halides is 2. The van der Waals surface area contributed by atoms with Crippen LogP contribution in [0.1, 0.15) is 19.3 Å². The van der Waals surface area contributed by atoms with Gasteiger partial charge in [0.05, 0.1) is 13.2 Å². The highest BCUT2D eigenvalue weighted by molar-refractivity contribution is 7.80. The molecule has 2 bridgehead atoms. The van der Waals surface area contributed by atoms with Gasteiger partial charge in [0.25, 0.3) is 11.8 Å². The molecule has 27 heavy (non-hydrogen) atoms. The van der Waals surface area contributed by atoms with E-state index in [-0.39, 0.29) is 17.6 Å². The van der Waals surface area contributed by atoms with Gasteiger partial charge in [0.15, 0.2) is 0 Å². The van der Waals surface area contributed by atoms with Crippen LogP contribution in [-0.2, 0) is 24.3 Å². The van der Waals surface area contributed by atoms with E-state index in [9.17, 15) is 26.8 Å². The smallest absolute Gasteiger partial charge is 0.316 e. The Morgan fingerprint density at radius 1 is 1.44 bits per heavy atom. The van der Waals surface area contributed by atoms with E-state index in [0.717, 1.165) is 24.3 Å². The Morgan fingerprint density at radius 3 is 2.81 bits per heavy atom. The standard InChI is InChI=1S/C13H20F2N4O7S/c14-13(15)4-9(11(20)17-25-7-8-2-1-3-16-5-8)18-6-10(13)19(12(18)21)26-27(22,23)24/h8-10,16H,1-7H2,(H,17,20)(H,22,23,24)/t8?,9-,10-/m0/s1. The summed E-state index contributed by atoms with van der Waals surface area (Å²) in [6.45, 7) is 1.17. The van der Waals surface area contributed by atoms with Crippen molar-refractivity contribution in [2.24, 2.45) is 5.92 Å². The summed E-state index contributed by atoms with van der Waals surface area (Å²) in [5, 5.41) is 3.05. The molecule has 3 aliphatic rings. The van der Waals surface area contributed by atoms with E-state index in [1.54, 1.807) is 0 Å². The minimum absolute atomic E-state index is 0.114. The van der Waals surface area contributed by atoms with Crippen molar-refractivity contribution in [3.8, 4) is 0 Å². The molecule has 0 spiro atoms. The van der Waals surface area contributed by atoms with Gasteiger partial charge in [0.2, 0.25) is 0 Å². The van der Waals surface area contributed by atoms with Crippen LogP contribution in [0.2, 0.25) is 0 Å². The molecule has 3 amide bonds. The number of hydrogen-bond donors (Lipinski definition) is 3. The highest BCUT2D eigenvalue weighted by Crippen LogP contribution is 2.41. The van der Waals surface area contributed by atoms with Crippen LogP contribution in [0.15, 0.2) is 0 Å². The Bertz CT molecular complexity index is 701. The molecule has 3 heterocycles. The quantitative estimate of drug-likeness (QED) is 0.383. The molecule has 3 atom stereocenters. The van der Waals surface area contributed by atoms with Crippen LogP contribution >= 0.6 is 0 Å². The van der Waals surface area contributed by atoms with E-state index in [2.05, 4.69) is 15.1 Å². The number of fused-ring (bicyclic) bond motifs is 2. The van der Waals surface area contributed by atoms with Crippen LogP contribution in [0.4, 0.5) is 13.6 Å². The Morgan fingerprint density at radius 2 is 2.19 bits per heavy atom. The number of amides is 3. The van der Waals surface area contributed by atoms with E-state index >= 15 is 0 Å². The minimum atomic E-state index is -5.18. The summed E-state index contributed by atoms with van der Waals surface area (Å²) in [5.74, 6) is -4.38. The molecule has 3 saturated heterocycles. The molecule has 0 radical (unpaired) electrons. The second-order valence-corrected chi connectivity index (χ2v) is 7.75. The van der Waals surface area contributed by atoms with Gasteiger partial charge < -0.3 is 10.2 Å². The first kappa shape index (κ1) is 20.1. The maximum atomic E-state index is 14.3. The van der Waals surface area contributed by atoms with Crippen molar-refractivity contribution >= 4 is 22.3 Å². The SMILES string of the molecule is O=C(NOCC1CCCNC1)[C@@H]1CC(F)(F)[C@@H]2CN1C(=O)N2OS(=O)(=O)O. The Kier molecular flexibility index (Phi) is 5.54. The summed E-state index contributed by atoms with van der Waals surface area (Å²) in [6.07, 6.45) is 0.831. The second-order valence-electron chi connectivity index (χ2n) is 6.75. The zero-order valence-corrected chi connectivity index (χ0v) is 15.0. The predicted molar refractivity (Wildman–Crippen MR) is 83.4 cm³/mol. The number of nitrogens with one attached hydrogen (secondary N) is 2. The molecule has 154 valence electrons. The summed E-state index contributed by atoms with van der Waals surface area (Å²) in [5.41, 5.74) is 2.08. The van der Waals surface area contributed by atoms with Crippen molar-refractivity contribution in [1.29, 1.82) is 0 Å². The summed E-state index contributed by atoms with van der Waals surface area (Å²) in [7, 11) is -5.18. The van der Waals surface area contributed by atoms with Gasteiger partial charge in [-0.1, -0.05) is 0 Å². The number of urea groups is 1. The van der Waals surface area contributed by atoms with Gasteiger partial charge in [-0.2, -0.15) is 13.5 Å². The van der Waals surface area contributed by atoms with Crippen LogP contribution in [0.25, 0.3) is 0 Å². The fraction of sp³-hybridized carbons (Fsp3) is 0.846. The number of carbonyl (C=O) groups excluding carboxylic acids is 2. The van der Waals surface area contributed by atoms with E-state index in [4.69, 9.17) is 9.39 Å². The molecule has 0 aromatic heterocycles. The Hall–Kier alpha value is -1.61. The van der Waals surface area contributed by atoms with Crippen LogP contribution in [-0.4, -0.2) is 79.1 Å². The van der Waals surface area contributed by atoms with Crippen molar-refractivity contribution in [2.45, 2.75) is 37.3 Å². The van der Waals surface area contributed by atoms with Gasteiger partial charge >= 0.3 is 16.4 Å². The highest BCUT2D eigenvalue weighted by Gasteiger charge is 2.62. The van der Waals surface area contributed by atoms with Crippen molar-refractivity contribution in [3.05, 3.63) is 0 Å². The summed E-state index contributed by atoms with van der Waals surface area (Å²) in [4.78, 5) is 30.3. The van der Waals surface area contributed by atoms with Gasteiger partial charge in [0, 0.05) is 13.0 Å². The average Bonchev–Trinajstić information content (AvgIpc) is 2.86. The molecule has 0 aromatic carbocycles. The molecular formula is C13H20F2N4O7S. The van der Waals surface area contributed by atoms with Crippen molar-refractivity contribution in [2.75, 3.05) is 26.2 Å². The lowest BCUT2D eigenvalue weighted by Gasteiger charge is -2.34. The van der Waals surface area contributed by atoms with Gasteiger partial charge in [-0.05, 0) is 25.3 Å². The van der Waals surface area contributed by atoms with Gasteiger partial charge in [-0.25, -0.2) is 19.1 Å². The first-order valence-electron chi connectivity index (χ1n) is 8.35. The third kappa shape index (κ3) is 4.45. The molecular weight excluding hydrogens is 394 g/mol. The first-order chi connectivity index (χ1) is 12.6. The zero-order chi connectivity index (χ0) is 19.8. The number of hydrogen-bond acceptors (Lipinski definition) is 7. The first-order valence-corrected chi connectivity index (χ1v) is 9.72. The molecule has 3 N–H and O–H groups in total. The van der Waals surface area contributed by atoms with Crippen molar-refractivity contribution in [1.82, 2.24) is 20.8 Å². The predicted octanol–water partition coefficient (Wildman–Crippen LogP) is -0.718. The summed E-state index contributed by atoms with van der Waals surface area (Å²) < 4.78 is 62.9. The van der Waals surface area contributed by atoms with Crippen LogP contribution < -0.4 is 10.8 Å². The number of nitrogens with zero attached hydrogens (tertiary/aromatic N) is 2. The monoisotopic (exact) mass is 414 g/mol. The largest absolute Gasteiger partial charge is 0.418 e. The fourth-order valence-corrected chi connectivity index (χ4v) is 3.82. The Balaban J connectivity index is 1.62. The van der Waals surface area contributed by atoms with Gasteiger partial charge in [-0.15, -0.1) is 4.28 Å². The van der Waals surface area contributed by atoms with E-state index in [1.165, 1.54) is 0 Å².